The summed E-state index contributed by atoms with van der Waals surface area (Å²) in [6.45, 7) is 1.76. The van der Waals surface area contributed by atoms with Gasteiger partial charge in [0, 0.05) is 23.4 Å². The predicted octanol–water partition coefficient (Wildman–Crippen LogP) is 3.62. The van der Waals surface area contributed by atoms with Crippen molar-refractivity contribution in [2.24, 2.45) is 0 Å². The Morgan fingerprint density at radius 1 is 1.12 bits per heavy atom. The maximum absolute atomic E-state index is 13.6. The molecule has 0 amide bonds. The van der Waals surface area contributed by atoms with Crippen molar-refractivity contribution in [3.63, 3.8) is 0 Å². The molecule has 0 aliphatic carbocycles. The monoisotopic (exact) mass is 347 g/mol. The Balaban J connectivity index is 1.67. The van der Waals surface area contributed by atoms with E-state index in [1.54, 1.807) is 13.0 Å². The van der Waals surface area contributed by atoms with Gasteiger partial charge in [0.25, 0.3) is 0 Å². The van der Waals surface area contributed by atoms with E-state index in [0.717, 1.165) is 11.0 Å². The number of nitrogens with one attached hydrogen (secondary N) is 1. The lowest BCUT2D eigenvalue weighted by molar-refractivity contribution is 0.503. The lowest BCUT2D eigenvalue weighted by Crippen LogP contribution is -2.35. The summed E-state index contributed by atoms with van der Waals surface area (Å²) in [5.74, 6) is -0.199. The van der Waals surface area contributed by atoms with Gasteiger partial charge >= 0.3 is 0 Å². The summed E-state index contributed by atoms with van der Waals surface area (Å²) < 4.78 is 46.3. The van der Waals surface area contributed by atoms with Gasteiger partial charge in [-0.25, -0.2) is 17.5 Å². The standard InChI is InChI=1S/C18H18FNO3S/c1-13(10-16-11-14-6-3-5-9-18(14)23-16)20-24(21,22)12-15-7-2-4-8-17(15)19/h2-9,11,13,20H,10,12H2,1H3/t13-/m1/s1. The van der Waals surface area contributed by atoms with Gasteiger partial charge in [0.15, 0.2) is 0 Å². The topological polar surface area (TPSA) is 59.3 Å². The van der Waals surface area contributed by atoms with Crippen LogP contribution in [0.15, 0.2) is 59.0 Å². The third kappa shape index (κ3) is 4.01. The van der Waals surface area contributed by atoms with E-state index in [0.29, 0.717) is 12.2 Å². The highest BCUT2D eigenvalue weighted by Crippen LogP contribution is 2.20. The van der Waals surface area contributed by atoms with Crippen molar-refractivity contribution in [1.82, 2.24) is 4.72 Å². The van der Waals surface area contributed by atoms with Gasteiger partial charge in [-0.2, -0.15) is 0 Å². The number of halogens is 1. The minimum Gasteiger partial charge on any atom is -0.461 e. The molecule has 4 nitrogen and oxygen atoms in total. The van der Waals surface area contributed by atoms with Gasteiger partial charge in [-0.1, -0.05) is 36.4 Å². The molecule has 126 valence electrons. The molecular weight excluding hydrogens is 329 g/mol. The van der Waals surface area contributed by atoms with Gasteiger partial charge < -0.3 is 4.42 Å². The number of sulfonamides is 1. The predicted molar refractivity (Wildman–Crippen MR) is 91.5 cm³/mol. The van der Waals surface area contributed by atoms with Gasteiger partial charge in [-0.15, -0.1) is 0 Å². The van der Waals surface area contributed by atoms with E-state index in [4.69, 9.17) is 4.42 Å². The normalized spacial score (nSPS) is 13.2. The summed E-state index contributed by atoms with van der Waals surface area (Å²) in [5.41, 5.74) is 0.926. The van der Waals surface area contributed by atoms with Crippen LogP contribution in [0.1, 0.15) is 18.2 Å². The molecule has 0 radical (unpaired) electrons. The van der Waals surface area contributed by atoms with E-state index in [-0.39, 0.29) is 17.4 Å². The largest absolute Gasteiger partial charge is 0.461 e. The van der Waals surface area contributed by atoms with Crippen LogP contribution in [0.5, 0.6) is 0 Å². The molecule has 0 fully saturated rings. The number of rotatable bonds is 6. The number of furan rings is 1. The second kappa shape index (κ2) is 6.75. The highest BCUT2D eigenvalue weighted by atomic mass is 32.2. The first-order valence-corrected chi connectivity index (χ1v) is 9.29. The third-order valence-corrected chi connectivity index (χ3v) is 5.12. The number of benzene rings is 2. The maximum Gasteiger partial charge on any atom is 0.216 e. The number of hydrogen-bond acceptors (Lipinski definition) is 3. The quantitative estimate of drug-likeness (QED) is 0.741. The van der Waals surface area contributed by atoms with Crippen LogP contribution in [0.3, 0.4) is 0 Å². The zero-order valence-electron chi connectivity index (χ0n) is 13.2. The van der Waals surface area contributed by atoms with Crippen molar-refractivity contribution in [2.75, 3.05) is 0 Å². The first kappa shape index (κ1) is 16.7. The molecule has 0 aliphatic heterocycles. The van der Waals surface area contributed by atoms with Gasteiger partial charge in [0.2, 0.25) is 10.0 Å². The third-order valence-electron chi connectivity index (χ3n) is 3.67. The summed E-state index contributed by atoms with van der Waals surface area (Å²) in [4.78, 5) is 0. The van der Waals surface area contributed by atoms with Gasteiger partial charge in [-0.3, -0.25) is 0 Å². The first-order valence-electron chi connectivity index (χ1n) is 7.64. The molecule has 0 bridgehead atoms. The van der Waals surface area contributed by atoms with Crippen LogP contribution in [0, 0.1) is 5.82 Å². The molecule has 24 heavy (non-hydrogen) atoms. The zero-order chi connectivity index (χ0) is 17.2. The van der Waals surface area contributed by atoms with Crippen LogP contribution in [-0.2, 0) is 22.2 Å². The van der Waals surface area contributed by atoms with Crippen molar-refractivity contribution in [2.45, 2.75) is 25.1 Å². The molecule has 1 atom stereocenters. The lowest BCUT2D eigenvalue weighted by Gasteiger charge is -2.13. The Hall–Kier alpha value is -2.18. The molecule has 0 saturated heterocycles. The van der Waals surface area contributed by atoms with Crippen molar-refractivity contribution < 1.29 is 17.2 Å². The molecule has 0 saturated carbocycles. The number of hydrogen-bond donors (Lipinski definition) is 1. The highest BCUT2D eigenvalue weighted by molar-refractivity contribution is 7.88. The Kier molecular flexibility index (Phi) is 4.69. The number of para-hydroxylation sites is 1. The fourth-order valence-electron chi connectivity index (χ4n) is 2.65. The van der Waals surface area contributed by atoms with Crippen LogP contribution in [0.4, 0.5) is 4.39 Å². The summed E-state index contributed by atoms with van der Waals surface area (Å²) in [5, 5.41) is 0.980. The van der Waals surface area contributed by atoms with Crippen LogP contribution < -0.4 is 4.72 Å². The molecule has 1 N–H and O–H groups in total. The minimum absolute atomic E-state index is 0.154. The minimum atomic E-state index is -3.64. The summed E-state index contributed by atoms with van der Waals surface area (Å²) in [6, 6.07) is 15.0. The van der Waals surface area contributed by atoms with E-state index in [1.807, 2.05) is 30.3 Å². The van der Waals surface area contributed by atoms with Crippen LogP contribution in [-0.4, -0.2) is 14.5 Å². The SMILES string of the molecule is C[C@H](Cc1cc2ccccc2o1)NS(=O)(=O)Cc1ccccc1F. The Labute approximate surface area is 140 Å². The molecule has 0 unspecified atom stereocenters. The average molecular weight is 347 g/mol. The summed E-state index contributed by atoms with van der Waals surface area (Å²) in [7, 11) is -3.64. The van der Waals surface area contributed by atoms with Crippen molar-refractivity contribution in [3.05, 3.63) is 71.7 Å². The smallest absolute Gasteiger partial charge is 0.216 e. The second-order valence-corrected chi connectivity index (χ2v) is 7.58. The lowest BCUT2D eigenvalue weighted by atomic mass is 10.2. The van der Waals surface area contributed by atoms with Crippen LogP contribution >= 0.6 is 0 Å². The fourth-order valence-corrected chi connectivity index (χ4v) is 4.07. The molecule has 1 heterocycles. The molecule has 6 heteroatoms. The highest BCUT2D eigenvalue weighted by Gasteiger charge is 2.18. The Bertz CT molecular complexity index is 917. The summed E-state index contributed by atoms with van der Waals surface area (Å²) in [6.07, 6.45) is 0.422. The van der Waals surface area contributed by atoms with E-state index in [1.165, 1.54) is 18.2 Å². The molecule has 2 aromatic carbocycles. The zero-order valence-corrected chi connectivity index (χ0v) is 14.0. The number of fused-ring (bicyclic) bond motifs is 1. The molecule has 0 spiro atoms. The Morgan fingerprint density at radius 3 is 2.58 bits per heavy atom. The molecule has 1 aromatic heterocycles. The summed E-state index contributed by atoms with van der Waals surface area (Å²) >= 11 is 0. The average Bonchev–Trinajstić information content (AvgIpc) is 2.90. The van der Waals surface area contributed by atoms with Gasteiger partial charge in [-0.05, 0) is 25.1 Å². The fraction of sp³-hybridized carbons (Fsp3) is 0.222. The van der Waals surface area contributed by atoms with Gasteiger partial charge in [0.05, 0.1) is 5.75 Å². The maximum atomic E-state index is 13.6. The molecular formula is C18H18FNO3S. The molecule has 3 rings (SSSR count). The van der Waals surface area contributed by atoms with E-state index in [9.17, 15) is 12.8 Å². The van der Waals surface area contributed by atoms with Crippen molar-refractivity contribution >= 4 is 21.0 Å². The van der Waals surface area contributed by atoms with E-state index < -0.39 is 15.8 Å². The van der Waals surface area contributed by atoms with E-state index in [2.05, 4.69) is 4.72 Å². The van der Waals surface area contributed by atoms with Crippen molar-refractivity contribution in [3.8, 4) is 0 Å². The van der Waals surface area contributed by atoms with E-state index >= 15 is 0 Å². The second-order valence-electron chi connectivity index (χ2n) is 5.82. The van der Waals surface area contributed by atoms with Crippen LogP contribution in [0.2, 0.25) is 0 Å². The molecule has 0 aliphatic rings. The van der Waals surface area contributed by atoms with Crippen molar-refractivity contribution in [1.29, 1.82) is 0 Å². The molecule has 3 aromatic rings. The Morgan fingerprint density at radius 2 is 1.83 bits per heavy atom. The van der Waals surface area contributed by atoms with Gasteiger partial charge in [0.1, 0.15) is 17.2 Å². The first-order chi connectivity index (χ1) is 11.4. The van der Waals surface area contributed by atoms with Crippen LogP contribution in [0.25, 0.3) is 11.0 Å².